The second kappa shape index (κ2) is 7.14. The van der Waals surface area contributed by atoms with Crippen LogP contribution in [0.1, 0.15) is 51.1 Å². The molecule has 3 rings (SSSR count). The lowest BCUT2D eigenvalue weighted by atomic mass is 9.74. The minimum Gasteiger partial charge on any atom is -0.298 e. The molecule has 2 aromatic rings. The quantitative estimate of drug-likeness (QED) is 0.617. The van der Waals surface area contributed by atoms with E-state index in [2.05, 4.69) is 0 Å². The third kappa shape index (κ3) is 3.60. The van der Waals surface area contributed by atoms with Gasteiger partial charge in [-0.25, -0.2) is 0 Å². The van der Waals surface area contributed by atoms with E-state index in [0.717, 1.165) is 17.5 Å². The molecule has 0 saturated heterocycles. The first-order valence-electron chi connectivity index (χ1n) is 8.73. The van der Waals surface area contributed by atoms with Crippen LogP contribution in [0.15, 0.2) is 48.5 Å². The Morgan fingerprint density at radius 1 is 0.720 bits per heavy atom. The van der Waals surface area contributed by atoms with E-state index in [1.807, 2.05) is 38.1 Å². The first-order valence-corrected chi connectivity index (χ1v) is 8.73. The Hall–Kier alpha value is -2.55. The van der Waals surface area contributed by atoms with E-state index in [0.29, 0.717) is 24.0 Å². The number of hydrogen-bond acceptors (Lipinski definition) is 3. The Kier molecular flexibility index (Phi) is 4.93. The number of hydrogen-bond donors (Lipinski definition) is 0. The fourth-order valence-corrected chi connectivity index (χ4v) is 3.41. The first-order chi connectivity index (χ1) is 12.0. The van der Waals surface area contributed by atoms with Gasteiger partial charge in [-0.3, -0.25) is 14.4 Å². The van der Waals surface area contributed by atoms with Gasteiger partial charge in [0.2, 0.25) is 0 Å². The monoisotopic (exact) mass is 334 g/mol. The van der Waals surface area contributed by atoms with Crippen LogP contribution in [0.5, 0.6) is 0 Å². The molecule has 2 aromatic carbocycles. The Morgan fingerprint density at radius 2 is 1.08 bits per heavy atom. The molecule has 0 spiro atoms. The molecule has 0 unspecified atom stereocenters. The van der Waals surface area contributed by atoms with Crippen LogP contribution in [0.4, 0.5) is 0 Å². The highest BCUT2D eigenvalue weighted by Gasteiger charge is 2.39. The molecule has 1 aliphatic carbocycles. The molecule has 3 heteroatoms. The number of aryl methyl sites for hydroxylation is 2. The van der Waals surface area contributed by atoms with E-state index in [1.54, 1.807) is 24.3 Å². The van der Waals surface area contributed by atoms with E-state index >= 15 is 0 Å². The average molecular weight is 334 g/mol. The molecule has 0 aliphatic heterocycles. The SMILES string of the molecule is Cc1ccc(C(=O)[C@H]2CCC[C@@H](C(=O)c3ccc(C)cc3)C2=O)cc1. The van der Waals surface area contributed by atoms with Crippen molar-refractivity contribution in [1.82, 2.24) is 0 Å². The number of benzene rings is 2. The van der Waals surface area contributed by atoms with Crippen molar-refractivity contribution < 1.29 is 14.4 Å². The van der Waals surface area contributed by atoms with Gasteiger partial charge in [-0.1, -0.05) is 66.1 Å². The highest BCUT2D eigenvalue weighted by molar-refractivity contribution is 6.19. The lowest BCUT2D eigenvalue weighted by Gasteiger charge is -2.26. The third-order valence-corrected chi connectivity index (χ3v) is 4.98. The molecule has 0 bridgehead atoms. The van der Waals surface area contributed by atoms with Crippen molar-refractivity contribution in [3.05, 3.63) is 70.8 Å². The van der Waals surface area contributed by atoms with Crippen molar-refractivity contribution >= 4 is 17.3 Å². The Balaban J connectivity index is 1.80. The number of rotatable bonds is 4. The van der Waals surface area contributed by atoms with Crippen molar-refractivity contribution in [2.75, 3.05) is 0 Å². The number of ketones is 3. The van der Waals surface area contributed by atoms with Crippen molar-refractivity contribution in [2.24, 2.45) is 11.8 Å². The predicted molar refractivity (Wildman–Crippen MR) is 96.9 cm³/mol. The van der Waals surface area contributed by atoms with Crippen LogP contribution in [0.25, 0.3) is 0 Å². The normalized spacial score (nSPS) is 20.3. The van der Waals surface area contributed by atoms with Crippen molar-refractivity contribution in [2.45, 2.75) is 33.1 Å². The zero-order valence-electron chi connectivity index (χ0n) is 14.6. The lowest BCUT2D eigenvalue weighted by molar-refractivity contribution is -0.125. The summed E-state index contributed by atoms with van der Waals surface area (Å²) in [7, 11) is 0. The minimum absolute atomic E-state index is 0.161. The molecule has 0 heterocycles. The molecule has 1 fully saturated rings. The summed E-state index contributed by atoms with van der Waals surface area (Å²) in [6.07, 6.45) is 1.78. The molecule has 0 aromatic heterocycles. The summed E-state index contributed by atoms with van der Waals surface area (Å²) in [5.74, 6) is -1.94. The predicted octanol–water partition coefficient (Wildman–Crippen LogP) is 4.35. The van der Waals surface area contributed by atoms with Crippen LogP contribution >= 0.6 is 0 Å². The van der Waals surface area contributed by atoms with Gasteiger partial charge in [-0.15, -0.1) is 0 Å². The molecule has 128 valence electrons. The Bertz CT molecular complexity index is 733. The molecular weight excluding hydrogens is 312 g/mol. The third-order valence-electron chi connectivity index (χ3n) is 4.98. The zero-order valence-corrected chi connectivity index (χ0v) is 14.6. The van der Waals surface area contributed by atoms with Crippen LogP contribution < -0.4 is 0 Å². The van der Waals surface area contributed by atoms with Crippen molar-refractivity contribution in [3.63, 3.8) is 0 Å². The molecule has 0 amide bonds. The molecule has 1 aliphatic rings. The minimum atomic E-state index is -0.698. The van der Waals surface area contributed by atoms with Gasteiger partial charge in [0.05, 0.1) is 11.8 Å². The summed E-state index contributed by atoms with van der Waals surface area (Å²) in [6.45, 7) is 3.91. The van der Waals surface area contributed by atoms with Gasteiger partial charge in [0.15, 0.2) is 17.3 Å². The topological polar surface area (TPSA) is 51.2 Å². The lowest BCUT2D eigenvalue weighted by Crippen LogP contribution is -2.37. The van der Waals surface area contributed by atoms with E-state index in [9.17, 15) is 14.4 Å². The molecule has 1 saturated carbocycles. The summed E-state index contributed by atoms with van der Waals surface area (Å²) in [5, 5.41) is 0. The second-order valence-corrected chi connectivity index (χ2v) is 6.90. The van der Waals surface area contributed by atoms with Gasteiger partial charge < -0.3 is 0 Å². The van der Waals surface area contributed by atoms with Gasteiger partial charge in [-0.2, -0.15) is 0 Å². The fourth-order valence-electron chi connectivity index (χ4n) is 3.41. The van der Waals surface area contributed by atoms with E-state index in [4.69, 9.17) is 0 Å². The molecule has 0 N–H and O–H groups in total. The smallest absolute Gasteiger partial charge is 0.173 e. The largest absolute Gasteiger partial charge is 0.298 e. The summed E-state index contributed by atoms with van der Waals surface area (Å²) < 4.78 is 0. The highest BCUT2D eigenvalue weighted by atomic mass is 16.2. The number of carbonyl (C=O) groups is 3. The molecule has 3 nitrogen and oxygen atoms in total. The number of Topliss-reactive ketones (excluding diaryl/α,β-unsaturated/α-hetero) is 3. The summed E-state index contributed by atoms with van der Waals surface area (Å²) >= 11 is 0. The maximum Gasteiger partial charge on any atom is 0.173 e. The first kappa shape index (κ1) is 17.3. The molecule has 2 atom stereocenters. The maximum absolute atomic E-state index is 12.8. The standard InChI is InChI=1S/C22H22O3/c1-14-6-10-16(11-7-14)20(23)18-4-3-5-19(22(18)25)21(24)17-12-8-15(2)9-13-17/h6-13,18-19H,3-5H2,1-2H3/t18-,19+. The van der Waals surface area contributed by atoms with Crippen LogP contribution in [-0.4, -0.2) is 17.3 Å². The summed E-state index contributed by atoms with van der Waals surface area (Å²) in [6, 6.07) is 14.5. The average Bonchev–Trinajstić information content (AvgIpc) is 2.62. The second-order valence-electron chi connectivity index (χ2n) is 6.90. The number of carbonyl (C=O) groups excluding carboxylic acids is 3. The van der Waals surface area contributed by atoms with E-state index < -0.39 is 11.8 Å². The van der Waals surface area contributed by atoms with Gasteiger partial charge in [-0.05, 0) is 26.7 Å². The summed E-state index contributed by atoms with van der Waals surface area (Å²) in [5.41, 5.74) is 3.23. The van der Waals surface area contributed by atoms with E-state index in [-0.39, 0.29) is 17.3 Å². The van der Waals surface area contributed by atoms with Gasteiger partial charge in [0.1, 0.15) is 0 Å². The fraction of sp³-hybridized carbons (Fsp3) is 0.318. The zero-order chi connectivity index (χ0) is 18.0. The van der Waals surface area contributed by atoms with Gasteiger partial charge >= 0.3 is 0 Å². The maximum atomic E-state index is 12.8. The van der Waals surface area contributed by atoms with Gasteiger partial charge in [0.25, 0.3) is 0 Å². The van der Waals surface area contributed by atoms with Crippen LogP contribution in [-0.2, 0) is 4.79 Å². The van der Waals surface area contributed by atoms with E-state index in [1.165, 1.54) is 0 Å². The molecule has 0 radical (unpaired) electrons. The summed E-state index contributed by atoms with van der Waals surface area (Å²) in [4.78, 5) is 38.3. The molecular formula is C22H22O3. The van der Waals surface area contributed by atoms with Crippen LogP contribution in [0.2, 0.25) is 0 Å². The van der Waals surface area contributed by atoms with Crippen molar-refractivity contribution in [1.29, 1.82) is 0 Å². The molecule has 25 heavy (non-hydrogen) atoms. The Labute approximate surface area is 148 Å². The van der Waals surface area contributed by atoms with Crippen LogP contribution in [0.3, 0.4) is 0 Å². The van der Waals surface area contributed by atoms with Gasteiger partial charge in [0, 0.05) is 11.1 Å². The highest BCUT2D eigenvalue weighted by Crippen LogP contribution is 2.31. The van der Waals surface area contributed by atoms with Crippen LogP contribution in [0, 0.1) is 25.7 Å². The van der Waals surface area contributed by atoms with Crippen molar-refractivity contribution in [3.8, 4) is 0 Å². The Morgan fingerprint density at radius 3 is 1.44 bits per heavy atom.